The predicted molar refractivity (Wildman–Crippen MR) is 68.1 cm³/mol. The Bertz CT molecular complexity index is 360. The molecule has 96 valence electrons. The Kier molecular flexibility index (Phi) is 5.65. The zero-order valence-electron chi connectivity index (χ0n) is 10.4. The lowest BCUT2D eigenvalue weighted by molar-refractivity contribution is 0.203. The van der Waals surface area contributed by atoms with E-state index in [1.54, 1.807) is 7.11 Å². The van der Waals surface area contributed by atoms with Crippen LogP contribution in [-0.4, -0.2) is 31.3 Å². The summed E-state index contributed by atoms with van der Waals surface area (Å²) < 4.78 is 18.2. The molecule has 0 fully saturated rings. The van der Waals surface area contributed by atoms with Gasteiger partial charge >= 0.3 is 0 Å². The van der Waals surface area contributed by atoms with Gasteiger partial charge in [0.15, 0.2) is 0 Å². The van der Waals surface area contributed by atoms with Crippen molar-refractivity contribution in [2.24, 2.45) is 0 Å². The van der Waals surface area contributed by atoms with Gasteiger partial charge in [-0.05, 0) is 19.9 Å². The average molecular weight is 261 g/mol. The zero-order chi connectivity index (χ0) is 12.8. The molecule has 3 nitrogen and oxygen atoms in total. The Labute approximate surface area is 107 Å². The van der Waals surface area contributed by atoms with Gasteiger partial charge in [-0.25, -0.2) is 9.37 Å². The minimum atomic E-state index is -0.361. The normalized spacial score (nSPS) is 10.9. The van der Waals surface area contributed by atoms with Gasteiger partial charge in [-0.2, -0.15) is 0 Å². The molecule has 0 aliphatic carbocycles. The van der Waals surface area contributed by atoms with Crippen LogP contribution in [0.3, 0.4) is 0 Å². The molecule has 0 spiro atoms. The Balaban J connectivity index is 3.00. The van der Waals surface area contributed by atoms with Crippen LogP contribution >= 0.6 is 11.6 Å². The molecule has 1 rings (SSSR count). The van der Waals surface area contributed by atoms with E-state index in [1.165, 1.54) is 12.3 Å². The Morgan fingerprint density at radius 3 is 2.76 bits per heavy atom. The molecule has 0 N–H and O–H groups in total. The third kappa shape index (κ3) is 3.82. The molecule has 0 aromatic carbocycles. The van der Waals surface area contributed by atoms with Crippen molar-refractivity contribution >= 4 is 17.4 Å². The first kappa shape index (κ1) is 14.2. The van der Waals surface area contributed by atoms with E-state index in [2.05, 4.69) is 23.7 Å². The van der Waals surface area contributed by atoms with Crippen LogP contribution in [0.2, 0.25) is 0 Å². The molecule has 1 aromatic heterocycles. The standard InChI is InChI=1S/C12H18ClFN2O/c1-9(2)16(4-5-17-3)12-10(7-13)6-11(14)8-15-12/h6,8-9H,4-5,7H2,1-3H3. The van der Waals surface area contributed by atoms with Gasteiger partial charge in [0.2, 0.25) is 0 Å². The number of methoxy groups -OCH3 is 1. The van der Waals surface area contributed by atoms with Crippen LogP contribution in [0.1, 0.15) is 19.4 Å². The summed E-state index contributed by atoms with van der Waals surface area (Å²) >= 11 is 5.82. The number of halogens is 2. The zero-order valence-corrected chi connectivity index (χ0v) is 11.2. The summed E-state index contributed by atoms with van der Waals surface area (Å²) in [5, 5.41) is 0. The van der Waals surface area contributed by atoms with Crippen LogP contribution in [0.25, 0.3) is 0 Å². The number of anilines is 1. The van der Waals surface area contributed by atoms with E-state index < -0.39 is 0 Å². The van der Waals surface area contributed by atoms with E-state index in [0.29, 0.717) is 18.7 Å². The van der Waals surface area contributed by atoms with Crippen LogP contribution in [0.4, 0.5) is 10.2 Å². The van der Waals surface area contributed by atoms with Crippen LogP contribution in [0.5, 0.6) is 0 Å². The molecule has 0 aliphatic heterocycles. The van der Waals surface area contributed by atoms with Crippen molar-refractivity contribution in [1.82, 2.24) is 4.98 Å². The lowest BCUT2D eigenvalue weighted by Gasteiger charge is -2.29. The highest BCUT2D eigenvalue weighted by Crippen LogP contribution is 2.22. The lowest BCUT2D eigenvalue weighted by atomic mass is 10.2. The number of alkyl halides is 1. The molecular formula is C12H18ClFN2O. The van der Waals surface area contributed by atoms with Crippen LogP contribution < -0.4 is 4.90 Å². The van der Waals surface area contributed by atoms with E-state index >= 15 is 0 Å². The minimum Gasteiger partial charge on any atom is -0.383 e. The predicted octanol–water partition coefficient (Wildman–Crippen LogP) is 2.82. The van der Waals surface area contributed by atoms with Gasteiger partial charge in [0.25, 0.3) is 0 Å². The van der Waals surface area contributed by atoms with Crippen LogP contribution in [0.15, 0.2) is 12.3 Å². The summed E-state index contributed by atoms with van der Waals surface area (Å²) in [5.41, 5.74) is 0.705. The van der Waals surface area contributed by atoms with E-state index in [-0.39, 0.29) is 17.7 Å². The highest BCUT2D eigenvalue weighted by molar-refractivity contribution is 6.17. The van der Waals surface area contributed by atoms with E-state index in [1.807, 2.05) is 0 Å². The molecule has 0 atom stereocenters. The fourth-order valence-electron chi connectivity index (χ4n) is 1.63. The second-order valence-corrected chi connectivity index (χ2v) is 4.32. The molecule has 0 unspecified atom stereocenters. The maximum atomic E-state index is 13.1. The van der Waals surface area contributed by atoms with Gasteiger partial charge in [-0.15, -0.1) is 11.6 Å². The maximum Gasteiger partial charge on any atom is 0.141 e. The average Bonchev–Trinajstić information content (AvgIpc) is 2.30. The SMILES string of the molecule is COCCN(c1ncc(F)cc1CCl)C(C)C. The van der Waals surface area contributed by atoms with Gasteiger partial charge in [0.1, 0.15) is 11.6 Å². The number of nitrogens with zero attached hydrogens (tertiary/aromatic N) is 2. The van der Waals surface area contributed by atoms with Crippen molar-refractivity contribution in [1.29, 1.82) is 0 Å². The van der Waals surface area contributed by atoms with Crippen molar-refractivity contribution in [2.75, 3.05) is 25.2 Å². The molecule has 0 aliphatic rings. The Hall–Kier alpha value is -0.870. The third-order valence-corrected chi connectivity index (χ3v) is 2.77. The van der Waals surface area contributed by atoms with Crippen LogP contribution in [-0.2, 0) is 10.6 Å². The van der Waals surface area contributed by atoms with Gasteiger partial charge in [-0.1, -0.05) is 0 Å². The first-order valence-corrected chi connectivity index (χ1v) is 6.09. The second kappa shape index (κ2) is 6.77. The molecule has 0 saturated carbocycles. The summed E-state index contributed by atoms with van der Waals surface area (Å²) in [6, 6.07) is 1.68. The molecule has 1 aromatic rings. The first-order chi connectivity index (χ1) is 8.10. The number of rotatable bonds is 6. The second-order valence-electron chi connectivity index (χ2n) is 4.05. The largest absolute Gasteiger partial charge is 0.383 e. The van der Waals surface area contributed by atoms with Gasteiger partial charge in [0, 0.05) is 25.3 Å². The molecule has 0 bridgehead atoms. The first-order valence-electron chi connectivity index (χ1n) is 5.56. The molecule has 0 saturated heterocycles. The minimum absolute atomic E-state index is 0.246. The highest BCUT2D eigenvalue weighted by Gasteiger charge is 2.16. The molecule has 17 heavy (non-hydrogen) atoms. The number of ether oxygens (including phenoxy) is 1. The number of hydrogen-bond acceptors (Lipinski definition) is 3. The smallest absolute Gasteiger partial charge is 0.141 e. The van der Waals surface area contributed by atoms with Crippen molar-refractivity contribution in [3.8, 4) is 0 Å². The number of hydrogen-bond donors (Lipinski definition) is 0. The molecular weight excluding hydrogens is 243 g/mol. The van der Waals surface area contributed by atoms with Gasteiger partial charge < -0.3 is 9.64 Å². The number of pyridine rings is 1. The van der Waals surface area contributed by atoms with Gasteiger partial charge in [0.05, 0.1) is 18.7 Å². The summed E-state index contributed by atoms with van der Waals surface area (Å²) in [5.74, 6) is 0.615. The topological polar surface area (TPSA) is 25.4 Å². The van der Waals surface area contributed by atoms with Crippen molar-refractivity contribution < 1.29 is 9.13 Å². The third-order valence-electron chi connectivity index (χ3n) is 2.49. The highest BCUT2D eigenvalue weighted by atomic mass is 35.5. The molecule has 0 amide bonds. The fraction of sp³-hybridized carbons (Fsp3) is 0.583. The number of aromatic nitrogens is 1. The summed E-state index contributed by atoms with van der Waals surface area (Å²) in [7, 11) is 1.65. The summed E-state index contributed by atoms with van der Waals surface area (Å²) in [6.07, 6.45) is 1.22. The van der Waals surface area contributed by atoms with Gasteiger partial charge in [-0.3, -0.25) is 0 Å². The maximum absolute atomic E-state index is 13.1. The molecule has 5 heteroatoms. The van der Waals surface area contributed by atoms with E-state index in [9.17, 15) is 4.39 Å². The van der Waals surface area contributed by atoms with E-state index in [0.717, 1.165) is 5.82 Å². The fourth-order valence-corrected chi connectivity index (χ4v) is 1.83. The monoisotopic (exact) mass is 260 g/mol. The van der Waals surface area contributed by atoms with Crippen molar-refractivity contribution in [2.45, 2.75) is 25.8 Å². The van der Waals surface area contributed by atoms with Crippen molar-refractivity contribution in [3.05, 3.63) is 23.6 Å². The summed E-state index contributed by atoms with van der Waals surface area (Å²) in [6.45, 7) is 5.41. The van der Waals surface area contributed by atoms with Crippen molar-refractivity contribution in [3.63, 3.8) is 0 Å². The van der Waals surface area contributed by atoms with Crippen LogP contribution in [0, 0.1) is 5.82 Å². The quantitative estimate of drug-likeness (QED) is 0.736. The Morgan fingerprint density at radius 1 is 1.53 bits per heavy atom. The Morgan fingerprint density at radius 2 is 2.24 bits per heavy atom. The lowest BCUT2D eigenvalue weighted by Crippen LogP contribution is -2.35. The van der Waals surface area contributed by atoms with E-state index in [4.69, 9.17) is 16.3 Å². The summed E-state index contributed by atoms with van der Waals surface area (Å²) in [4.78, 5) is 6.19. The molecule has 1 heterocycles. The molecule has 0 radical (unpaired) electrons.